The number of rotatable bonds is 1. The highest BCUT2D eigenvalue weighted by Gasteiger charge is 2.00. The number of hydrogen-bond acceptors (Lipinski definition) is 1. The van der Waals surface area contributed by atoms with Crippen molar-refractivity contribution in [2.75, 3.05) is 0 Å². The van der Waals surface area contributed by atoms with E-state index in [-0.39, 0.29) is 0 Å². The number of allylic oxidation sites excluding steroid dienone is 1. The first-order chi connectivity index (χ1) is 5.13. The van der Waals surface area contributed by atoms with Crippen molar-refractivity contribution in [3.05, 3.63) is 35.9 Å². The molecular formula is C10H12S. The predicted octanol–water partition coefficient (Wildman–Crippen LogP) is 3.32. The highest BCUT2D eigenvalue weighted by atomic mass is 32.1. The zero-order valence-corrected chi connectivity index (χ0v) is 7.78. The van der Waals surface area contributed by atoms with Gasteiger partial charge >= 0.3 is 0 Å². The van der Waals surface area contributed by atoms with Crippen LogP contribution in [-0.4, -0.2) is 0 Å². The largest absolute Gasteiger partial charge is 0.143 e. The highest BCUT2D eigenvalue weighted by molar-refractivity contribution is 7.80. The smallest absolute Gasteiger partial charge is 0.0144 e. The van der Waals surface area contributed by atoms with E-state index in [1.165, 1.54) is 5.56 Å². The van der Waals surface area contributed by atoms with Crippen LogP contribution in [0.3, 0.4) is 0 Å². The Hall–Kier alpha value is -0.690. The third-order valence-electron chi connectivity index (χ3n) is 1.70. The fraction of sp³-hybridized carbons (Fsp3) is 0.200. The Morgan fingerprint density at radius 3 is 2.55 bits per heavy atom. The molecule has 0 aliphatic rings. The second-order valence-corrected chi connectivity index (χ2v) is 3.20. The minimum Gasteiger partial charge on any atom is -0.143 e. The van der Waals surface area contributed by atoms with Gasteiger partial charge in [0.15, 0.2) is 0 Å². The van der Waals surface area contributed by atoms with Gasteiger partial charge < -0.3 is 0 Å². The second-order valence-electron chi connectivity index (χ2n) is 2.75. The Morgan fingerprint density at radius 1 is 1.45 bits per heavy atom. The molecule has 1 aromatic carbocycles. The highest BCUT2D eigenvalue weighted by Crippen LogP contribution is 2.23. The van der Waals surface area contributed by atoms with Crippen molar-refractivity contribution in [1.82, 2.24) is 0 Å². The van der Waals surface area contributed by atoms with Gasteiger partial charge in [-0.05, 0) is 30.5 Å². The van der Waals surface area contributed by atoms with E-state index in [2.05, 4.69) is 32.2 Å². The monoisotopic (exact) mass is 164 g/mol. The lowest BCUT2D eigenvalue weighted by molar-refractivity contribution is 1.28. The summed E-state index contributed by atoms with van der Waals surface area (Å²) in [5, 5.41) is 0. The minimum absolute atomic E-state index is 1.04. The second kappa shape index (κ2) is 3.14. The van der Waals surface area contributed by atoms with E-state index in [0.29, 0.717) is 0 Å². The SMILES string of the molecule is C=C(C)c1cccc(C)c1S. The lowest BCUT2D eigenvalue weighted by Crippen LogP contribution is -1.83. The molecule has 0 spiro atoms. The Morgan fingerprint density at radius 2 is 2.09 bits per heavy atom. The normalized spacial score (nSPS) is 9.73. The van der Waals surface area contributed by atoms with Crippen molar-refractivity contribution in [3.8, 4) is 0 Å². The summed E-state index contributed by atoms with van der Waals surface area (Å²) in [6.45, 7) is 7.92. The van der Waals surface area contributed by atoms with Crippen LogP contribution in [0.1, 0.15) is 18.1 Å². The fourth-order valence-electron chi connectivity index (χ4n) is 1.00. The van der Waals surface area contributed by atoms with Gasteiger partial charge in [-0.25, -0.2) is 0 Å². The van der Waals surface area contributed by atoms with E-state index in [0.717, 1.165) is 16.0 Å². The van der Waals surface area contributed by atoms with E-state index < -0.39 is 0 Å². The van der Waals surface area contributed by atoms with Gasteiger partial charge in [-0.3, -0.25) is 0 Å². The molecule has 0 atom stereocenters. The molecule has 0 fully saturated rings. The molecule has 0 aromatic heterocycles. The van der Waals surface area contributed by atoms with Crippen molar-refractivity contribution < 1.29 is 0 Å². The van der Waals surface area contributed by atoms with E-state index in [1.807, 2.05) is 19.1 Å². The molecule has 1 rings (SSSR count). The summed E-state index contributed by atoms with van der Waals surface area (Å²) in [6, 6.07) is 6.12. The van der Waals surface area contributed by atoms with Gasteiger partial charge in [0.1, 0.15) is 0 Å². The molecule has 1 aromatic rings. The van der Waals surface area contributed by atoms with Gasteiger partial charge in [-0.1, -0.05) is 24.8 Å². The van der Waals surface area contributed by atoms with Crippen LogP contribution in [0.2, 0.25) is 0 Å². The molecule has 0 bridgehead atoms. The Balaban J connectivity index is 3.27. The van der Waals surface area contributed by atoms with Crippen molar-refractivity contribution in [3.63, 3.8) is 0 Å². The van der Waals surface area contributed by atoms with Crippen molar-refractivity contribution in [1.29, 1.82) is 0 Å². The molecule has 0 heterocycles. The standard InChI is InChI=1S/C10H12S/c1-7(2)9-6-4-5-8(3)10(9)11/h4-6,11H,1H2,2-3H3. The molecule has 0 aliphatic carbocycles. The predicted molar refractivity (Wildman–Crippen MR) is 53.1 cm³/mol. The number of hydrogen-bond donors (Lipinski definition) is 1. The first-order valence-electron chi connectivity index (χ1n) is 3.57. The van der Waals surface area contributed by atoms with Crippen LogP contribution in [0.5, 0.6) is 0 Å². The van der Waals surface area contributed by atoms with Gasteiger partial charge in [0.2, 0.25) is 0 Å². The number of benzene rings is 1. The molecule has 1 heteroatoms. The Kier molecular flexibility index (Phi) is 2.40. The summed E-state index contributed by atoms with van der Waals surface area (Å²) in [7, 11) is 0. The van der Waals surface area contributed by atoms with Gasteiger partial charge in [0.25, 0.3) is 0 Å². The quantitative estimate of drug-likeness (QED) is 0.605. The zero-order chi connectivity index (χ0) is 8.43. The lowest BCUT2D eigenvalue weighted by atomic mass is 10.1. The minimum atomic E-state index is 1.04. The molecule has 0 N–H and O–H groups in total. The summed E-state index contributed by atoms with van der Waals surface area (Å²) in [4.78, 5) is 1.04. The van der Waals surface area contributed by atoms with Crippen molar-refractivity contribution in [2.24, 2.45) is 0 Å². The van der Waals surface area contributed by atoms with E-state index >= 15 is 0 Å². The molecular weight excluding hydrogens is 152 g/mol. The molecule has 0 nitrogen and oxygen atoms in total. The Bertz CT molecular complexity index is 287. The number of thiol groups is 1. The van der Waals surface area contributed by atoms with E-state index in [1.54, 1.807) is 0 Å². The van der Waals surface area contributed by atoms with Crippen LogP contribution in [0.4, 0.5) is 0 Å². The first-order valence-corrected chi connectivity index (χ1v) is 4.02. The van der Waals surface area contributed by atoms with Crippen LogP contribution in [0, 0.1) is 6.92 Å². The summed E-state index contributed by atoms with van der Waals surface area (Å²) < 4.78 is 0. The van der Waals surface area contributed by atoms with Gasteiger partial charge in [0, 0.05) is 4.90 Å². The van der Waals surface area contributed by atoms with Gasteiger partial charge in [0.05, 0.1) is 0 Å². The molecule has 11 heavy (non-hydrogen) atoms. The molecule has 0 saturated carbocycles. The van der Waals surface area contributed by atoms with Gasteiger partial charge in [-0.2, -0.15) is 0 Å². The number of aryl methyl sites for hydroxylation is 1. The maximum absolute atomic E-state index is 4.39. The van der Waals surface area contributed by atoms with Crippen molar-refractivity contribution in [2.45, 2.75) is 18.7 Å². The first kappa shape index (κ1) is 8.41. The molecule has 0 unspecified atom stereocenters. The molecule has 0 amide bonds. The maximum atomic E-state index is 4.39. The van der Waals surface area contributed by atoms with Gasteiger partial charge in [-0.15, -0.1) is 12.6 Å². The van der Waals surface area contributed by atoms with Crippen LogP contribution < -0.4 is 0 Å². The summed E-state index contributed by atoms with van der Waals surface area (Å²) in [6.07, 6.45) is 0. The third kappa shape index (κ3) is 1.66. The third-order valence-corrected chi connectivity index (χ3v) is 2.29. The van der Waals surface area contributed by atoms with E-state index in [4.69, 9.17) is 0 Å². The lowest BCUT2D eigenvalue weighted by Gasteiger charge is -2.05. The maximum Gasteiger partial charge on any atom is 0.0144 e. The average molecular weight is 164 g/mol. The van der Waals surface area contributed by atoms with E-state index in [9.17, 15) is 0 Å². The fourth-order valence-corrected chi connectivity index (χ4v) is 1.34. The van der Waals surface area contributed by atoms with Crippen LogP contribution in [0.25, 0.3) is 5.57 Å². The average Bonchev–Trinajstić information content (AvgIpc) is 1.94. The zero-order valence-electron chi connectivity index (χ0n) is 6.89. The molecule has 0 aliphatic heterocycles. The van der Waals surface area contributed by atoms with Crippen LogP contribution >= 0.6 is 12.6 Å². The molecule has 0 radical (unpaired) electrons. The van der Waals surface area contributed by atoms with Crippen LogP contribution in [0.15, 0.2) is 29.7 Å². The summed E-state index contributed by atoms with van der Waals surface area (Å²) >= 11 is 4.39. The summed E-state index contributed by atoms with van der Waals surface area (Å²) in [5.74, 6) is 0. The summed E-state index contributed by atoms with van der Waals surface area (Å²) in [5.41, 5.74) is 3.42. The molecule has 0 saturated heterocycles. The Labute approximate surface area is 73.4 Å². The topological polar surface area (TPSA) is 0 Å². The van der Waals surface area contributed by atoms with Crippen LogP contribution in [-0.2, 0) is 0 Å². The molecule has 58 valence electrons. The van der Waals surface area contributed by atoms with Crippen molar-refractivity contribution >= 4 is 18.2 Å².